The molecule has 0 atom stereocenters. The summed E-state index contributed by atoms with van der Waals surface area (Å²) in [4.78, 5) is 22.6. The van der Waals surface area contributed by atoms with Crippen molar-refractivity contribution in [3.63, 3.8) is 0 Å². The van der Waals surface area contributed by atoms with Gasteiger partial charge in [0.25, 0.3) is 11.6 Å². The quantitative estimate of drug-likeness (QED) is 0.269. The summed E-state index contributed by atoms with van der Waals surface area (Å²) in [5.41, 5.74) is -0.341. The van der Waals surface area contributed by atoms with Crippen molar-refractivity contribution >= 4 is 28.1 Å². The number of aromatic hydroxyl groups is 1. The number of benzene rings is 3. The van der Waals surface area contributed by atoms with Gasteiger partial charge in [0.1, 0.15) is 23.9 Å². The van der Waals surface area contributed by atoms with Crippen molar-refractivity contribution in [2.75, 3.05) is 5.32 Å². The Balaban J connectivity index is 1.42. The van der Waals surface area contributed by atoms with E-state index in [1.165, 1.54) is 6.07 Å². The highest BCUT2D eigenvalue weighted by Crippen LogP contribution is 2.28. The van der Waals surface area contributed by atoms with Crippen molar-refractivity contribution in [3.8, 4) is 11.5 Å². The van der Waals surface area contributed by atoms with E-state index in [2.05, 4.69) is 5.32 Å². The average Bonchev–Trinajstić information content (AvgIpc) is 3.23. The van der Waals surface area contributed by atoms with Crippen LogP contribution in [0.2, 0.25) is 0 Å². The van der Waals surface area contributed by atoms with Gasteiger partial charge in [0.05, 0.1) is 10.6 Å². The monoisotopic (exact) mass is 404 g/mol. The van der Waals surface area contributed by atoms with Crippen LogP contribution in [0.25, 0.3) is 10.8 Å². The number of amides is 1. The normalized spacial score (nSPS) is 10.7. The number of carbonyl (C=O) groups is 1. The summed E-state index contributed by atoms with van der Waals surface area (Å²) in [5, 5.41) is 25.2. The third-order valence-corrected chi connectivity index (χ3v) is 4.43. The van der Waals surface area contributed by atoms with Crippen molar-refractivity contribution in [3.05, 3.63) is 94.4 Å². The molecule has 4 rings (SSSR count). The van der Waals surface area contributed by atoms with Gasteiger partial charge in [-0.25, -0.2) is 0 Å². The second kappa shape index (κ2) is 7.96. The number of rotatable bonds is 6. The summed E-state index contributed by atoms with van der Waals surface area (Å²) in [6.45, 7) is 0.119. The van der Waals surface area contributed by atoms with E-state index in [4.69, 9.17) is 9.15 Å². The maximum absolute atomic E-state index is 12.4. The lowest BCUT2D eigenvalue weighted by Crippen LogP contribution is -2.11. The third-order valence-electron chi connectivity index (χ3n) is 4.43. The predicted molar refractivity (Wildman–Crippen MR) is 110 cm³/mol. The largest absolute Gasteiger partial charge is 0.506 e. The molecule has 0 fully saturated rings. The van der Waals surface area contributed by atoms with Crippen LogP contribution in [0.1, 0.15) is 16.3 Å². The van der Waals surface area contributed by atoms with Gasteiger partial charge in [0.2, 0.25) is 0 Å². The van der Waals surface area contributed by atoms with Crippen molar-refractivity contribution in [1.82, 2.24) is 0 Å². The molecule has 150 valence electrons. The summed E-state index contributed by atoms with van der Waals surface area (Å²) < 4.78 is 11.2. The number of nitrogens with zero attached hydrogens (tertiary/aromatic N) is 1. The first-order valence-corrected chi connectivity index (χ1v) is 8.99. The van der Waals surface area contributed by atoms with Crippen molar-refractivity contribution in [1.29, 1.82) is 0 Å². The topological polar surface area (TPSA) is 115 Å². The molecule has 30 heavy (non-hydrogen) atoms. The summed E-state index contributed by atoms with van der Waals surface area (Å²) >= 11 is 0. The highest BCUT2D eigenvalue weighted by molar-refractivity contribution is 6.03. The van der Waals surface area contributed by atoms with Crippen molar-refractivity contribution < 1.29 is 24.0 Å². The zero-order chi connectivity index (χ0) is 21.1. The first kappa shape index (κ1) is 19.0. The SMILES string of the molecule is O=C(Nc1cc([N+](=O)[O-])ccc1O)c1ccc(COc2ccc3ccccc3c2)o1. The van der Waals surface area contributed by atoms with E-state index >= 15 is 0 Å². The fourth-order valence-corrected chi connectivity index (χ4v) is 2.91. The Hall–Kier alpha value is -4.33. The van der Waals surface area contributed by atoms with Gasteiger partial charge >= 0.3 is 0 Å². The summed E-state index contributed by atoms with van der Waals surface area (Å²) in [6.07, 6.45) is 0. The zero-order valence-electron chi connectivity index (χ0n) is 15.6. The Morgan fingerprint density at radius 3 is 2.63 bits per heavy atom. The van der Waals surface area contributed by atoms with Crippen LogP contribution in [0.3, 0.4) is 0 Å². The molecule has 1 amide bonds. The fourth-order valence-electron chi connectivity index (χ4n) is 2.91. The van der Waals surface area contributed by atoms with Gasteiger partial charge in [-0.1, -0.05) is 30.3 Å². The Kier molecular flexibility index (Phi) is 5.04. The smallest absolute Gasteiger partial charge is 0.291 e. The molecule has 8 heteroatoms. The number of carbonyl (C=O) groups excluding carboxylic acids is 1. The highest BCUT2D eigenvalue weighted by atomic mass is 16.6. The minimum absolute atomic E-state index is 0.0157. The second-order valence-corrected chi connectivity index (χ2v) is 6.48. The summed E-state index contributed by atoms with van der Waals surface area (Å²) in [5.74, 6) is 0.135. The number of hydrogen-bond donors (Lipinski definition) is 2. The van der Waals surface area contributed by atoms with Crippen LogP contribution in [0.5, 0.6) is 11.5 Å². The van der Waals surface area contributed by atoms with Gasteiger partial charge < -0.3 is 19.6 Å². The lowest BCUT2D eigenvalue weighted by Gasteiger charge is -2.06. The second-order valence-electron chi connectivity index (χ2n) is 6.48. The number of non-ortho nitro benzene ring substituents is 1. The van der Waals surface area contributed by atoms with Gasteiger partial charge in [0.15, 0.2) is 5.76 Å². The molecular formula is C22H16N2O6. The number of nitro groups is 1. The van der Waals surface area contributed by atoms with Gasteiger partial charge in [0, 0.05) is 12.1 Å². The number of hydrogen-bond acceptors (Lipinski definition) is 6. The molecule has 0 aliphatic heterocycles. The molecule has 0 aliphatic rings. The molecule has 0 bridgehead atoms. The molecular weight excluding hydrogens is 388 g/mol. The maximum Gasteiger partial charge on any atom is 0.291 e. The van der Waals surface area contributed by atoms with Gasteiger partial charge in [-0.05, 0) is 41.1 Å². The Morgan fingerprint density at radius 2 is 1.83 bits per heavy atom. The maximum atomic E-state index is 12.4. The van der Waals surface area contributed by atoms with Crippen LogP contribution < -0.4 is 10.1 Å². The molecule has 0 unspecified atom stereocenters. The third kappa shape index (κ3) is 4.07. The van der Waals surface area contributed by atoms with Crippen molar-refractivity contribution in [2.24, 2.45) is 0 Å². The van der Waals surface area contributed by atoms with E-state index in [9.17, 15) is 20.0 Å². The first-order chi connectivity index (χ1) is 14.5. The number of phenols is 1. The number of nitrogens with one attached hydrogen (secondary N) is 1. The summed E-state index contributed by atoms with van der Waals surface area (Å²) in [7, 11) is 0. The van der Waals surface area contributed by atoms with E-state index in [0.29, 0.717) is 11.5 Å². The van der Waals surface area contributed by atoms with Crippen molar-refractivity contribution in [2.45, 2.75) is 6.61 Å². The number of furan rings is 1. The van der Waals surface area contributed by atoms with Crippen LogP contribution in [0.15, 0.2) is 77.2 Å². The van der Waals surface area contributed by atoms with Crippen LogP contribution in [0, 0.1) is 10.1 Å². The molecule has 1 aromatic heterocycles. The van der Waals surface area contributed by atoms with E-state index in [1.54, 1.807) is 6.07 Å². The van der Waals surface area contributed by atoms with Gasteiger partial charge in [-0.15, -0.1) is 0 Å². The van der Waals surface area contributed by atoms with Crippen LogP contribution in [-0.4, -0.2) is 15.9 Å². The number of anilines is 1. The molecule has 0 saturated heterocycles. The van der Waals surface area contributed by atoms with E-state index < -0.39 is 10.8 Å². The zero-order valence-corrected chi connectivity index (χ0v) is 15.6. The Bertz CT molecular complexity index is 1250. The molecule has 0 aliphatic carbocycles. The average molecular weight is 404 g/mol. The first-order valence-electron chi connectivity index (χ1n) is 8.99. The molecule has 1 heterocycles. The molecule has 3 aromatic carbocycles. The van der Waals surface area contributed by atoms with E-state index in [-0.39, 0.29) is 29.5 Å². The number of nitro benzene ring substituents is 1. The number of phenolic OH excluding ortho intramolecular Hbond substituents is 1. The summed E-state index contributed by atoms with van der Waals surface area (Å²) in [6, 6.07) is 20.0. The highest BCUT2D eigenvalue weighted by Gasteiger charge is 2.16. The molecule has 4 aromatic rings. The minimum Gasteiger partial charge on any atom is -0.506 e. The fraction of sp³-hybridized carbons (Fsp3) is 0.0455. The Morgan fingerprint density at radius 1 is 1.03 bits per heavy atom. The van der Waals surface area contributed by atoms with Gasteiger partial charge in [-0.3, -0.25) is 14.9 Å². The molecule has 0 spiro atoms. The lowest BCUT2D eigenvalue weighted by molar-refractivity contribution is -0.384. The van der Waals surface area contributed by atoms with E-state index in [1.807, 2.05) is 42.5 Å². The van der Waals surface area contributed by atoms with Crippen LogP contribution in [-0.2, 0) is 6.61 Å². The van der Waals surface area contributed by atoms with E-state index in [0.717, 1.165) is 29.0 Å². The Labute approximate surface area is 170 Å². The number of ether oxygens (including phenoxy) is 1. The predicted octanol–water partition coefficient (Wildman–Crippen LogP) is 4.88. The molecule has 8 nitrogen and oxygen atoms in total. The minimum atomic E-state index is -0.650. The standard InChI is InChI=1S/C22H16N2O6/c25-20-9-6-16(24(27)28)12-19(20)23-22(26)21-10-8-18(30-21)13-29-17-7-5-14-3-1-2-4-15(14)11-17/h1-12,25H,13H2,(H,23,26). The number of fused-ring (bicyclic) bond motifs is 1. The van der Waals surface area contributed by atoms with Crippen LogP contribution in [0.4, 0.5) is 11.4 Å². The molecule has 0 saturated carbocycles. The lowest BCUT2D eigenvalue weighted by atomic mass is 10.1. The van der Waals surface area contributed by atoms with Gasteiger partial charge in [-0.2, -0.15) is 0 Å². The molecule has 0 radical (unpaired) electrons. The molecule has 2 N–H and O–H groups in total. The van der Waals surface area contributed by atoms with Crippen LogP contribution >= 0.6 is 0 Å².